The highest BCUT2D eigenvalue weighted by Gasteiger charge is 2.02. The molecular formula is C14H22O3. The van der Waals surface area contributed by atoms with Crippen LogP contribution in [0.25, 0.3) is 0 Å². The van der Waals surface area contributed by atoms with Crippen molar-refractivity contribution in [3.63, 3.8) is 0 Å². The van der Waals surface area contributed by atoms with Crippen LogP contribution in [0.5, 0.6) is 11.5 Å². The number of ether oxygens (including phenoxy) is 2. The number of para-hydroxylation sites is 2. The lowest BCUT2D eigenvalue weighted by Crippen LogP contribution is -2.00. The molecule has 0 aliphatic heterocycles. The number of hydrogen-bond donors (Lipinski definition) is 1. The predicted octanol–water partition coefficient (Wildman–Crippen LogP) is 3.02. The first-order chi connectivity index (χ1) is 8.38. The van der Waals surface area contributed by atoms with Gasteiger partial charge in [-0.25, -0.2) is 0 Å². The molecule has 1 rings (SSSR count). The molecule has 1 aromatic carbocycles. The summed E-state index contributed by atoms with van der Waals surface area (Å²) in [6, 6.07) is 7.74. The second kappa shape index (κ2) is 8.88. The Hall–Kier alpha value is -1.22. The van der Waals surface area contributed by atoms with Crippen LogP contribution >= 0.6 is 0 Å². The topological polar surface area (TPSA) is 38.7 Å². The van der Waals surface area contributed by atoms with Gasteiger partial charge in [-0.05, 0) is 38.3 Å². The predicted molar refractivity (Wildman–Crippen MR) is 68.7 cm³/mol. The van der Waals surface area contributed by atoms with Gasteiger partial charge in [-0.2, -0.15) is 0 Å². The van der Waals surface area contributed by atoms with Gasteiger partial charge in [0.2, 0.25) is 0 Å². The summed E-state index contributed by atoms with van der Waals surface area (Å²) in [5.41, 5.74) is 0. The van der Waals surface area contributed by atoms with Crippen LogP contribution in [0.2, 0.25) is 0 Å². The smallest absolute Gasteiger partial charge is 0.161 e. The van der Waals surface area contributed by atoms with Crippen molar-refractivity contribution >= 4 is 0 Å². The molecule has 0 amide bonds. The van der Waals surface area contributed by atoms with Gasteiger partial charge < -0.3 is 14.6 Å². The Morgan fingerprint density at radius 1 is 0.941 bits per heavy atom. The Bertz CT molecular complexity index is 299. The Morgan fingerprint density at radius 3 is 2.24 bits per heavy atom. The van der Waals surface area contributed by atoms with Gasteiger partial charge in [0.05, 0.1) is 13.2 Å². The highest BCUT2D eigenvalue weighted by molar-refractivity contribution is 5.39. The van der Waals surface area contributed by atoms with E-state index < -0.39 is 0 Å². The zero-order chi connectivity index (χ0) is 12.3. The van der Waals surface area contributed by atoms with Crippen LogP contribution in [-0.4, -0.2) is 24.9 Å². The van der Waals surface area contributed by atoms with Crippen LogP contribution < -0.4 is 9.47 Å². The average Bonchev–Trinajstić information content (AvgIpc) is 2.36. The molecule has 17 heavy (non-hydrogen) atoms. The third kappa shape index (κ3) is 5.59. The minimum absolute atomic E-state index is 0.286. The molecule has 96 valence electrons. The Labute approximate surface area is 103 Å². The SMILES string of the molecule is CCOc1ccccc1OCCCCCCO. The van der Waals surface area contributed by atoms with E-state index in [1.54, 1.807) is 0 Å². The monoisotopic (exact) mass is 238 g/mol. The lowest BCUT2D eigenvalue weighted by Gasteiger charge is -2.11. The van der Waals surface area contributed by atoms with Crippen molar-refractivity contribution in [2.75, 3.05) is 19.8 Å². The summed E-state index contributed by atoms with van der Waals surface area (Å²) >= 11 is 0. The van der Waals surface area contributed by atoms with Crippen molar-refractivity contribution in [3.8, 4) is 11.5 Å². The highest BCUT2D eigenvalue weighted by atomic mass is 16.5. The summed E-state index contributed by atoms with van der Waals surface area (Å²) in [5, 5.41) is 8.65. The first kappa shape index (κ1) is 13.8. The highest BCUT2D eigenvalue weighted by Crippen LogP contribution is 2.26. The van der Waals surface area contributed by atoms with E-state index in [4.69, 9.17) is 14.6 Å². The molecule has 0 saturated heterocycles. The molecule has 1 aromatic rings. The van der Waals surface area contributed by atoms with Crippen molar-refractivity contribution in [1.82, 2.24) is 0 Å². The number of aliphatic hydroxyl groups is 1. The van der Waals surface area contributed by atoms with Gasteiger partial charge in [0.15, 0.2) is 11.5 Å². The molecule has 0 aromatic heterocycles. The molecule has 0 heterocycles. The quantitative estimate of drug-likeness (QED) is 0.672. The third-order valence-electron chi connectivity index (χ3n) is 2.46. The lowest BCUT2D eigenvalue weighted by atomic mass is 10.2. The van der Waals surface area contributed by atoms with Crippen molar-refractivity contribution < 1.29 is 14.6 Å². The Balaban J connectivity index is 2.25. The van der Waals surface area contributed by atoms with Gasteiger partial charge in [0.25, 0.3) is 0 Å². The van der Waals surface area contributed by atoms with E-state index in [1.807, 2.05) is 31.2 Å². The van der Waals surface area contributed by atoms with E-state index in [0.717, 1.165) is 37.2 Å². The van der Waals surface area contributed by atoms with Gasteiger partial charge in [0.1, 0.15) is 0 Å². The minimum Gasteiger partial charge on any atom is -0.490 e. The number of hydrogen-bond acceptors (Lipinski definition) is 3. The van der Waals surface area contributed by atoms with Crippen LogP contribution in [-0.2, 0) is 0 Å². The molecule has 1 N–H and O–H groups in total. The summed E-state index contributed by atoms with van der Waals surface area (Å²) in [4.78, 5) is 0. The lowest BCUT2D eigenvalue weighted by molar-refractivity contribution is 0.262. The fourth-order valence-electron chi connectivity index (χ4n) is 1.59. The largest absolute Gasteiger partial charge is 0.490 e. The van der Waals surface area contributed by atoms with Crippen molar-refractivity contribution in [2.45, 2.75) is 32.6 Å². The molecule has 0 atom stereocenters. The number of rotatable bonds is 9. The zero-order valence-electron chi connectivity index (χ0n) is 10.5. The minimum atomic E-state index is 0.286. The van der Waals surface area contributed by atoms with E-state index in [0.29, 0.717) is 13.2 Å². The maximum atomic E-state index is 8.65. The molecule has 3 nitrogen and oxygen atoms in total. The number of benzene rings is 1. The molecule has 0 bridgehead atoms. The summed E-state index contributed by atoms with van der Waals surface area (Å²) in [6.07, 6.45) is 4.06. The first-order valence-corrected chi connectivity index (χ1v) is 6.34. The van der Waals surface area contributed by atoms with Gasteiger partial charge in [-0.3, -0.25) is 0 Å². The van der Waals surface area contributed by atoms with E-state index in [-0.39, 0.29) is 6.61 Å². The molecule has 0 radical (unpaired) electrons. The zero-order valence-corrected chi connectivity index (χ0v) is 10.5. The maximum absolute atomic E-state index is 8.65. The third-order valence-corrected chi connectivity index (χ3v) is 2.46. The molecule has 0 fully saturated rings. The molecule has 0 aliphatic carbocycles. The van der Waals surface area contributed by atoms with E-state index in [9.17, 15) is 0 Å². The number of unbranched alkanes of at least 4 members (excludes halogenated alkanes) is 3. The van der Waals surface area contributed by atoms with E-state index in [2.05, 4.69) is 0 Å². The summed E-state index contributed by atoms with van der Waals surface area (Å²) in [7, 11) is 0. The number of aliphatic hydroxyl groups excluding tert-OH is 1. The van der Waals surface area contributed by atoms with Crippen molar-refractivity contribution in [3.05, 3.63) is 24.3 Å². The van der Waals surface area contributed by atoms with Gasteiger partial charge in [-0.1, -0.05) is 18.6 Å². The molecule has 0 spiro atoms. The molecule has 0 unspecified atom stereocenters. The van der Waals surface area contributed by atoms with Gasteiger partial charge in [0, 0.05) is 6.61 Å². The van der Waals surface area contributed by atoms with Crippen LogP contribution in [0.1, 0.15) is 32.6 Å². The maximum Gasteiger partial charge on any atom is 0.161 e. The van der Waals surface area contributed by atoms with Crippen LogP contribution in [0.3, 0.4) is 0 Å². The normalized spacial score (nSPS) is 10.2. The van der Waals surface area contributed by atoms with Crippen LogP contribution in [0.15, 0.2) is 24.3 Å². The van der Waals surface area contributed by atoms with E-state index in [1.165, 1.54) is 0 Å². The Morgan fingerprint density at radius 2 is 1.59 bits per heavy atom. The Kier molecular flexibility index (Phi) is 7.23. The van der Waals surface area contributed by atoms with Crippen molar-refractivity contribution in [2.24, 2.45) is 0 Å². The second-order valence-electron chi connectivity index (χ2n) is 3.87. The first-order valence-electron chi connectivity index (χ1n) is 6.34. The summed E-state index contributed by atoms with van der Waals surface area (Å²) < 4.78 is 11.2. The van der Waals surface area contributed by atoms with E-state index >= 15 is 0 Å². The average molecular weight is 238 g/mol. The fourth-order valence-corrected chi connectivity index (χ4v) is 1.59. The van der Waals surface area contributed by atoms with Crippen molar-refractivity contribution in [1.29, 1.82) is 0 Å². The standard InChI is InChI=1S/C14H22O3/c1-2-16-13-9-5-6-10-14(13)17-12-8-4-3-7-11-15/h5-6,9-10,15H,2-4,7-8,11-12H2,1H3. The molecule has 0 saturated carbocycles. The van der Waals surface area contributed by atoms with Gasteiger partial charge in [-0.15, -0.1) is 0 Å². The summed E-state index contributed by atoms with van der Waals surface area (Å²) in [5.74, 6) is 1.63. The molecule has 0 aliphatic rings. The fraction of sp³-hybridized carbons (Fsp3) is 0.571. The van der Waals surface area contributed by atoms with Crippen LogP contribution in [0.4, 0.5) is 0 Å². The second-order valence-corrected chi connectivity index (χ2v) is 3.87. The summed E-state index contributed by atoms with van der Waals surface area (Å²) in [6.45, 7) is 3.60. The van der Waals surface area contributed by atoms with Gasteiger partial charge >= 0.3 is 0 Å². The molecular weight excluding hydrogens is 216 g/mol. The molecule has 3 heteroatoms. The van der Waals surface area contributed by atoms with Crippen LogP contribution in [0, 0.1) is 0 Å².